The standard InChI is InChI=1S/C11H14FNO2/c1-2-11(15)13-7-10(14)8-5-3-4-6-9(8)12/h3-6,10,14H,2,7H2,1H3,(H,13,15). The van der Waals surface area contributed by atoms with E-state index >= 15 is 0 Å². The highest BCUT2D eigenvalue weighted by atomic mass is 19.1. The van der Waals surface area contributed by atoms with Crippen molar-refractivity contribution in [3.05, 3.63) is 35.6 Å². The summed E-state index contributed by atoms with van der Waals surface area (Å²) in [5.41, 5.74) is 0.203. The van der Waals surface area contributed by atoms with Crippen molar-refractivity contribution in [2.45, 2.75) is 19.4 Å². The number of carbonyl (C=O) groups excluding carboxylic acids is 1. The lowest BCUT2D eigenvalue weighted by molar-refractivity contribution is -0.121. The Balaban J connectivity index is 2.57. The molecule has 0 saturated carbocycles. The van der Waals surface area contributed by atoms with Crippen molar-refractivity contribution in [1.29, 1.82) is 0 Å². The molecule has 15 heavy (non-hydrogen) atoms. The Bertz CT molecular complexity index is 341. The van der Waals surface area contributed by atoms with E-state index in [0.717, 1.165) is 0 Å². The minimum atomic E-state index is -0.998. The van der Waals surface area contributed by atoms with Crippen LogP contribution in [-0.2, 0) is 4.79 Å². The van der Waals surface area contributed by atoms with Crippen molar-refractivity contribution in [1.82, 2.24) is 5.32 Å². The van der Waals surface area contributed by atoms with Gasteiger partial charge in [0.25, 0.3) is 0 Å². The van der Waals surface area contributed by atoms with Crippen LogP contribution in [-0.4, -0.2) is 17.6 Å². The number of benzene rings is 1. The largest absolute Gasteiger partial charge is 0.386 e. The Morgan fingerprint density at radius 3 is 2.80 bits per heavy atom. The molecular formula is C11H14FNO2. The molecule has 0 aliphatic carbocycles. The molecule has 0 fully saturated rings. The molecule has 0 saturated heterocycles. The van der Waals surface area contributed by atoms with Crippen LogP contribution in [0.3, 0.4) is 0 Å². The average Bonchev–Trinajstić information content (AvgIpc) is 2.26. The van der Waals surface area contributed by atoms with Gasteiger partial charge in [-0.05, 0) is 6.07 Å². The smallest absolute Gasteiger partial charge is 0.219 e. The first kappa shape index (κ1) is 11.7. The lowest BCUT2D eigenvalue weighted by Gasteiger charge is -2.12. The molecule has 0 aromatic heterocycles. The zero-order valence-corrected chi connectivity index (χ0v) is 8.53. The van der Waals surface area contributed by atoms with Crippen LogP contribution in [0.2, 0.25) is 0 Å². The molecule has 0 radical (unpaired) electrons. The van der Waals surface area contributed by atoms with Crippen molar-refractivity contribution < 1.29 is 14.3 Å². The molecule has 0 aliphatic heterocycles. The number of amides is 1. The van der Waals surface area contributed by atoms with Gasteiger partial charge in [0, 0.05) is 18.5 Å². The average molecular weight is 211 g/mol. The van der Waals surface area contributed by atoms with E-state index in [1.807, 2.05) is 0 Å². The second kappa shape index (κ2) is 5.46. The maximum atomic E-state index is 13.2. The second-order valence-corrected chi connectivity index (χ2v) is 3.19. The van der Waals surface area contributed by atoms with Gasteiger partial charge in [0.2, 0.25) is 5.91 Å². The fraction of sp³-hybridized carbons (Fsp3) is 0.364. The summed E-state index contributed by atoms with van der Waals surface area (Å²) in [6.45, 7) is 1.75. The highest BCUT2D eigenvalue weighted by molar-refractivity contribution is 5.75. The van der Waals surface area contributed by atoms with Crippen molar-refractivity contribution in [2.24, 2.45) is 0 Å². The predicted molar refractivity (Wildman–Crippen MR) is 54.7 cm³/mol. The van der Waals surface area contributed by atoms with Gasteiger partial charge in [0.15, 0.2) is 0 Å². The zero-order valence-electron chi connectivity index (χ0n) is 8.53. The van der Waals surface area contributed by atoms with E-state index in [0.29, 0.717) is 6.42 Å². The summed E-state index contributed by atoms with van der Waals surface area (Å²) >= 11 is 0. The number of halogens is 1. The molecule has 0 bridgehead atoms. The fourth-order valence-electron chi connectivity index (χ4n) is 1.19. The van der Waals surface area contributed by atoms with Crippen LogP contribution in [0.4, 0.5) is 4.39 Å². The SMILES string of the molecule is CCC(=O)NCC(O)c1ccccc1F. The second-order valence-electron chi connectivity index (χ2n) is 3.19. The fourth-order valence-corrected chi connectivity index (χ4v) is 1.19. The van der Waals surface area contributed by atoms with Crippen molar-refractivity contribution >= 4 is 5.91 Å². The summed E-state index contributed by atoms with van der Waals surface area (Å²) in [7, 11) is 0. The molecule has 1 aromatic rings. The van der Waals surface area contributed by atoms with E-state index < -0.39 is 11.9 Å². The summed E-state index contributed by atoms with van der Waals surface area (Å²) in [4.78, 5) is 10.9. The first-order chi connectivity index (χ1) is 7.15. The van der Waals surface area contributed by atoms with Gasteiger partial charge in [-0.3, -0.25) is 4.79 Å². The molecule has 1 rings (SSSR count). The quantitative estimate of drug-likeness (QED) is 0.790. The third-order valence-corrected chi connectivity index (χ3v) is 2.08. The number of nitrogens with one attached hydrogen (secondary N) is 1. The van der Waals surface area contributed by atoms with Crippen LogP contribution in [0, 0.1) is 5.82 Å². The summed E-state index contributed by atoms with van der Waals surface area (Å²) in [5.74, 6) is -0.624. The zero-order chi connectivity index (χ0) is 11.3. The lowest BCUT2D eigenvalue weighted by Crippen LogP contribution is -2.27. The summed E-state index contributed by atoms with van der Waals surface area (Å²) in [6, 6.07) is 5.97. The summed E-state index contributed by atoms with van der Waals surface area (Å²) in [5, 5.41) is 12.1. The molecule has 1 aromatic carbocycles. The number of hydrogen-bond acceptors (Lipinski definition) is 2. The van der Waals surface area contributed by atoms with E-state index in [9.17, 15) is 14.3 Å². The predicted octanol–water partition coefficient (Wildman–Crippen LogP) is 1.39. The van der Waals surface area contributed by atoms with E-state index in [1.54, 1.807) is 19.1 Å². The van der Waals surface area contributed by atoms with Crippen molar-refractivity contribution in [2.75, 3.05) is 6.54 Å². The molecule has 0 heterocycles. The minimum Gasteiger partial charge on any atom is -0.386 e. The molecule has 2 N–H and O–H groups in total. The maximum Gasteiger partial charge on any atom is 0.219 e. The molecule has 82 valence electrons. The first-order valence-corrected chi connectivity index (χ1v) is 4.84. The number of hydrogen-bond donors (Lipinski definition) is 2. The molecule has 1 unspecified atom stereocenters. The highest BCUT2D eigenvalue weighted by Gasteiger charge is 2.12. The van der Waals surface area contributed by atoms with Gasteiger partial charge in [-0.15, -0.1) is 0 Å². The Kier molecular flexibility index (Phi) is 4.24. The van der Waals surface area contributed by atoms with Crippen LogP contribution in [0.25, 0.3) is 0 Å². The Morgan fingerprint density at radius 1 is 1.53 bits per heavy atom. The maximum absolute atomic E-state index is 13.2. The van der Waals surface area contributed by atoms with Gasteiger partial charge in [0.05, 0.1) is 6.10 Å². The van der Waals surface area contributed by atoms with E-state index in [-0.39, 0.29) is 18.0 Å². The molecule has 0 aliphatic rings. The van der Waals surface area contributed by atoms with Gasteiger partial charge >= 0.3 is 0 Å². The lowest BCUT2D eigenvalue weighted by atomic mass is 10.1. The van der Waals surface area contributed by atoms with Crippen LogP contribution >= 0.6 is 0 Å². The Morgan fingerprint density at radius 2 is 2.20 bits per heavy atom. The Labute approximate surface area is 87.9 Å². The number of carbonyl (C=O) groups is 1. The minimum absolute atomic E-state index is 0.0353. The van der Waals surface area contributed by atoms with Gasteiger partial charge in [-0.2, -0.15) is 0 Å². The highest BCUT2D eigenvalue weighted by Crippen LogP contribution is 2.15. The third-order valence-electron chi connectivity index (χ3n) is 2.08. The molecule has 1 atom stereocenters. The normalized spacial score (nSPS) is 12.2. The third kappa shape index (κ3) is 3.32. The molecular weight excluding hydrogens is 197 g/mol. The van der Waals surface area contributed by atoms with Crippen molar-refractivity contribution in [3.8, 4) is 0 Å². The van der Waals surface area contributed by atoms with Crippen LogP contribution in [0.5, 0.6) is 0 Å². The first-order valence-electron chi connectivity index (χ1n) is 4.84. The van der Waals surface area contributed by atoms with Gasteiger partial charge in [0.1, 0.15) is 5.82 Å². The number of rotatable bonds is 4. The van der Waals surface area contributed by atoms with Crippen LogP contribution in [0.1, 0.15) is 25.0 Å². The molecule has 4 heteroatoms. The van der Waals surface area contributed by atoms with E-state index in [4.69, 9.17) is 0 Å². The topological polar surface area (TPSA) is 49.3 Å². The van der Waals surface area contributed by atoms with E-state index in [2.05, 4.69) is 5.32 Å². The molecule has 3 nitrogen and oxygen atoms in total. The van der Waals surface area contributed by atoms with Crippen LogP contribution in [0.15, 0.2) is 24.3 Å². The molecule has 0 spiro atoms. The van der Waals surface area contributed by atoms with Gasteiger partial charge in [-0.25, -0.2) is 4.39 Å². The Hall–Kier alpha value is -1.42. The molecule has 1 amide bonds. The van der Waals surface area contributed by atoms with E-state index in [1.165, 1.54) is 12.1 Å². The van der Waals surface area contributed by atoms with Gasteiger partial charge in [-0.1, -0.05) is 25.1 Å². The van der Waals surface area contributed by atoms with Gasteiger partial charge < -0.3 is 10.4 Å². The monoisotopic (exact) mass is 211 g/mol. The number of aliphatic hydroxyl groups excluding tert-OH is 1. The summed E-state index contributed by atoms with van der Waals surface area (Å²) < 4.78 is 13.2. The summed E-state index contributed by atoms with van der Waals surface area (Å²) in [6.07, 6.45) is -0.647. The van der Waals surface area contributed by atoms with Crippen LogP contribution < -0.4 is 5.32 Å². The number of aliphatic hydroxyl groups is 1. The van der Waals surface area contributed by atoms with Crippen molar-refractivity contribution in [3.63, 3.8) is 0 Å².